The van der Waals surface area contributed by atoms with Gasteiger partial charge in [-0.1, -0.05) is 38.1 Å². The molecule has 26 heavy (non-hydrogen) atoms. The molecule has 2 N–H and O–H groups in total. The van der Waals surface area contributed by atoms with Crippen molar-refractivity contribution in [3.05, 3.63) is 71.2 Å². The summed E-state index contributed by atoms with van der Waals surface area (Å²) < 4.78 is 13.3. The number of halogens is 1. The number of anilines is 1. The van der Waals surface area contributed by atoms with Crippen LogP contribution in [0.1, 0.15) is 25.5 Å². The van der Waals surface area contributed by atoms with E-state index in [2.05, 4.69) is 0 Å². The van der Waals surface area contributed by atoms with Crippen LogP contribution in [-0.4, -0.2) is 21.9 Å². The second-order valence-corrected chi connectivity index (χ2v) is 6.40. The fraction of sp³-hybridized carbons (Fsp3) is 0.200. The van der Waals surface area contributed by atoms with E-state index in [1.54, 1.807) is 26.0 Å². The molecule has 2 aromatic carbocycles. The summed E-state index contributed by atoms with van der Waals surface area (Å²) >= 11 is 0. The van der Waals surface area contributed by atoms with E-state index in [0.29, 0.717) is 5.56 Å². The Labute approximate surface area is 150 Å². The van der Waals surface area contributed by atoms with E-state index in [1.807, 2.05) is 0 Å². The van der Waals surface area contributed by atoms with E-state index >= 15 is 0 Å². The fourth-order valence-electron chi connectivity index (χ4n) is 3.04. The number of amides is 1. The van der Waals surface area contributed by atoms with Crippen LogP contribution in [0.3, 0.4) is 0 Å². The number of nitrogens with zero attached hydrogens (tertiary/aromatic N) is 1. The Bertz CT molecular complexity index is 902. The molecule has 134 valence electrons. The van der Waals surface area contributed by atoms with Crippen molar-refractivity contribution in [1.29, 1.82) is 0 Å². The molecular formula is C20H18FNO4. The molecule has 5 nitrogen and oxygen atoms in total. The zero-order chi connectivity index (χ0) is 19.0. The topological polar surface area (TPSA) is 77.8 Å². The molecule has 1 heterocycles. The van der Waals surface area contributed by atoms with Gasteiger partial charge in [-0.05, 0) is 29.8 Å². The van der Waals surface area contributed by atoms with E-state index in [4.69, 9.17) is 0 Å². The van der Waals surface area contributed by atoms with Gasteiger partial charge in [-0.3, -0.25) is 14.5 Å². The smallest absolute Gasteiger partial charge is 0.294 e. The van der Waals surface area contributed by atoms with Gasteiger partial charge in [0.1, 0.15) is 11.6 Å². The van der Waals surface area contributed by atoms with Gasteiger partial charge in [0, 0.05) is 5.92 Å². The molecule has 0 aromatic heterocycles. The number of aromatic hydroxyl groups is 1. The average molecular weight is 355 g/mol. The van der Waals surface area contributed by atoms with Crippen LogP contribution in [0.4, 0.5) is 10.1 Å². The van der Waals surface area contributed by atoms with Crippen LogP contribution >= 0.6 is 0 Å². The summed E-state index contributed by atoms with van der Waals surface area (Å²) in [6, 6.07) is 10.5. The predicted octanol–water partition coefficient (Wildman–Crippen LogP) is 3.66. The van der Waals surface area contributed by atoms with E-state index in [0.717, 1.165) is 4.90 Å². The van der Waals surface area contributed by atoms with Gasteiger partial charge in [0.05, 0.1) is 17.3 Å². The summed E-state index contributed by atoms with van der Waals surface area (Å²) in [4.78, 5) is 26.6. The summed E-state index contributed by atoms with van der Waals surface area (Å²) in [5.41, 5.74) is 0.556. The number of benzene rings is 2. The van der Waals surface area contributed by atoms with Gasteiger partial charge in [0.2, 0.25) is 0 Å². The SMILES string of the molecule is CC(C)C(=O)C1=C(O)C(=O)N(c2ccccc2O)C1c1ccc(F)cc1. The van der Waals surface area contributed by atoms with E-state index < -0.39 is 29.4 Å². The van der Waals surface area contributed by atoms with Gasteiger partial charge >= 0.3 is 0 Å². The predicted molar refractivity (Wildman–Crippen MR) is 94.2 cm³/mol. The first-order chi connectivity index (χ1) is 12.3. The number of aliphatic hydroxyl groups excluding tert-OH is 1. The van der Waals surface area contributed by atoms with Crippen LogP contribution in [0.25, 0.3) is 0 Å². The van der Waals surface area contributed by atoms with Crippen LogP contribution in [0.15, 0.2) is 59.9 Å². The molecule has 0 saturated heterocycles. The Kier molecular flexibility index (Phi) is 4.50. The maximum Gasteiger partial charge on any atom is 0.294 e. The highest BCUT2D eigenvalue weighted by atomic mass is 19.1. The Morgan fingerprint density at radius 3 is 2.27 bits per heavy atom. The Morgan fingerprint density at radius 1 is 1.08 bits per heavy atom. The lowest BCUT2D eigenvalue weighted by Gasteiger charge is -2.27. The lowest BCUT2D eigenvalue weighted by Crippen LogP contribution is -2.31. The normalized spacial score (nSPS) is 17.3. The van der Waals surface area contributed by atoms with Crippen LogP contribution in [0, 0.1) is 11.7 Å². The van der Waals surface area contributed by atoms with Gasteiger partial charge in [0.15, 0.2) is 11.5 Å². The molecule has 0 bridgehead atoms. The van der Waals surface area contributed by atoms with Crippen molar-refractivity contribution in [2.24, 2.45) is 5.92 Å². The number of hydrogen-bond acceptors (Lipinski definition) is 4. The summed E-state index contributed by atoms with van der Waals surface area (Å²) in [6.45, 7) is 3.33. The number of para-hydroxylation sites is 2. The number of Topliss-reactive ketones (excluding diaryl/α,β-unsaturated/α-hetero) is 1. The van der Waals surface area contributed by atoms with Crippen molar-refractivity contribution in [2.75, 3.05) is 4.90 Å². The molecule has 0 saturated carbocycles. The Morgan fingerprint density at radius 2 is 1.69 bits per heavy atom. The van der Waals surface area contributed by atoms with Gasteiger partial charge in [-0.15, -0.1) is 0 Å². The minimum Gasteiger partial charge on any atom is -0.506 e. The highest BCUT2D eigenvalue weighted by molar-refractivity contribution is 6.17. The van der Waals surface area contributed by atoms with Gasteiger partial charge in [0.25, 0.3) is 5.91 Å². The molecular weight excluding hydrogens is 337 g/mol. The minimum absolute atomic E-state index is 0.0557. The molecule has 1 unspecified atom stereocenters. The van der Waals surface area contributed by atoms with E-state index in [9.17, 15) is 24.2 Å². The monoisotopic (exact) mass is 355 g/mol. The third-order valence-corrected chi connectivity index (χ3v) is 4.32. The quantitative estimate of drug-likeness (QED) is 0.877. The van der Waals surface area contributed by atoms with Crippen molar-refractivity contribution < 1.29 is 24.2 Å². The zero-order valence-corrected chi connectivity index (χ0v) is 14.3. The first-order valence-electron chi connectivity index (χ1n) is 8.17. The first-order valence-corrected chi connectivity index (χ1v) is 8.17. The number of carbonyl (C=O) groups is 2. The molecule has 0 spiro atoms. The largest absolute Gasteiger partial charge is 0.506 e. The lowest BCUT2D eigenvalue weighted by atomic mass is 9.91. The van der Waals surface area contributed by atoms with Crippen molar-refractivity contribution in [1.82, 2.24) is 0 Å². The molecule has 0 aliphatic carbocycles. The average Bonchev–Trinajstić information content (AvgIpc) is 2.87. The third kappa shape index (κ3) is 2.83. The number of phenolic OH excluding ortho intramolecular Hbond substituents is 1. The minimum atomic E-state index is -0.953. The van der Waals surface area contributed by atoms with Crippen molar-refractivity contribution >= 4 is 17.4 Å². The Hall–Kier alpha value is -3.15. The molecule has 2 aromatic rings. The standard InChI is InChI=1S/C20H18FNO4/c1-11(2)18(24)16-17(12-7-9-13(21)10-8-12)22(20(26)19(16)25)14-5-3-4-6-15(14)23/h3-11,17,23,25H,1-2H3. The van der Waals surface area contributed by atoms with E-state index in [-0.39, 0.29) is 22.8 Å². The fourth-order valence-corrected chi connectivity index (χ4v) is 3.04. The second-order valence-electron chi connectivity index (χ2n) is 6.40. The van der Waals surface area contributed by atoms with Crippen molar-refractivity contribution in [3.63, 3.8) is 0 Å². The van der Waals surface area contributed by atoms with Crippen LogP contribution in [-0.2, 0) is 9.59 Å². The molecule has 1 aliphatic rings. The first kappa shape index (κ1) is 17.7. The molecule has 1 atom stereocenters. The van der Waals surface area contributed by atoms with Crippen LogP contribution in [0.2, 0.25) is 0 Å². The molecule has 1 aliphatic heterocycles. The van der Waals surface area contributed by atoms with E-state index in [1.165, 1.54) is 36.4 Å². The van der Waals surface area contributed by atoms with Crippen molar-refractivity contribution in [3.8, 4) is 5.75 Å². The number of carbonyl (C=O) groups excluding carboxylic acids is 2. The summed E-state index contributed by atoms with van der Waals surface area (Å²) in [6.07, 6.45) is 0. The molecule has 1 amide bonds. The van der Waals surface area contributed by atoms with Crippen LogP contribution < -0.4 is 4.90 Å². The summed E-state index contributed by atoms with van der Waals surface area (Å²) in [7, 11) is 0. The third-order valence-electron chi connectivity index (χ3n) is 4.32. The molecule has 0 fully saturated rings. The molecule has 6 heteroatoms. The second kappa shape index (κ2) is 6.63. The highest BCUT2D eigenvalue weighted by Crippen LogP contribution is 2.44. The zero-order valence-electron chi connectivity index (χ0n) is 14.3. The maximum atomic E-state index is 13.3. The number of phenols is 1. The summed E-state index contributed by atoms with van der Waals surface area (Å²) in [5, 5.41) is 20.6. The lowest BCUT2D eigenvalue weighted by molar-refractivity contribution is -0.119. The molecule has 3 rings (SSSR count). The summed E-state index contributed by atoms with van der Waals surface area (Å²) in [5.74, 6) is -2.91. The number of ketones is 1. The van der Waals surface area contributed by atoms with Gasteiger partial charge < -0.3 is 10.2 Å². The van der Waals surface area contributed by atoms with Crippen LogP contribution in [0.5, 0.6) is 5.75 Å². The Balaban J connectivity index is 2.21. The van der Waals surface area contributed by atoms with Gasteiger partial charge in [-0.2, -0.15) is 0 Å². The maximum absolute atomic E-state index is 13.3. The number of hydrogen-bond donors (Lipinski definition) is 2. The molecule has 0 radical (unpaired) electrons. The van der Waals surface area contributed by atoms with Gasteiger partial charge in [-0.25, -0.2) is 4.39 Å². The number of rotatable bonds is 4. The van der Waals surface area contributed by atoms with Crippen molar-refractivity contribution in [2.45, 2.75) is 19.9 Å². The highest BCUT2D eigenvalue weighted by Gasteiger charge is 2.45. The number of aliphatic hydroxyl groups is 1.